The van der Waals surface area contributed by atoms with Crippen LogP contribution < -0.4 is 5.11 Å². The number of thioether (sulfide) groups is 1. The molecular formula is C16H16NO3S2-. The summed E-state index contributed by atoms with van der Waals surface area (Å²) in [5, 5.41) is 11.3. The first-order chi connectivity index (χ1) is 10.3. The number of aliphatic carboxylic acids is 1. The van der Waals surface area contributed by atoms with Gasteiger partial charge >= 0.3 is 0 Å². The van der Waals surface area contributed by atoms with Gasteiger partial charge in [0.2, 0.25) is 0 Å². The van der Waals surface area contributed by atoms with Gasteiger partial charge in [-0.2, -0.15) is 0 Å². The third-order valence-electron chi connectivity index (χ3n) is 3.45. The Labute approximate surface area is 139 Å². The summed E-state index contributed by atoms with van der Waals surface area (Å²) >= 11 is 6.32. The minimum atomic E-state index is -1.29. The molecule has 2 rings (SSSR count). The van der Waals surface area contributed by atoms with Gasteiger partial charge in [-0.05, 0) is 30.0 Å². The Bertz CT molecular complexity index is 667. The summed E-state index contributed by atoms with van der Waals surface area (Å²) in [5.74, 6) is -1.95. The minimum Gasteiger partial charge on any atom is -0.548 e. The molecule has 0 bridgehead atoms. The molecule has 1 saturated heterocycles. The summed E-state index contributed by atoms with van der Waals surface area (Å²) in [6, 6.07) is 6.61. The SMILES string of the molecule is Cc1ccccc1/C=C1/SC(=S)N([C@H](C(=O)[O-])C(C)C)C1=O. The molecule has 1 heterocycles. The second-order valence-electron chi connectivity index (χ2n) is 5.42. The van der Waals surface area contributed by atoms with Gasteiger partial charge in [0.15, 0.2) is 0 Å². The number of benzene rings is 1. The minimum absolute atomic E-state index is 0.257. The Morgan fingerprint density at radius 1 is 1.36 bits per heavy atom. The van der Waals surface area contributed by atoms with Crippen molar-refractivity contribution >= 4 is 46.3 Å². The highest BCUT2D eigenvalue weighted by atomic mass is 32.2. The largest absolute Gasteiger partial charge is 0.548 e. The Hall–Kier alpha value is -1.66. The average molecular weight is 334 g/mol. The molecule has 6 heteroatoms. The molecule has 1 aliphatic rings. The van der Waals surface area contributed by atoms with Crippen LogP contribution in [0.25, 0.3) is 6.08 Å². The van der Waals surface area contributed by atoms with Crippen molar-refractivity contribution in [2.45, 2.75) is 26.8 Å². The van der Waals surface area contributed by atoms with Gasteiger partial charge in [0.05, 0.1) is 16.9 Å². The van der Waals surface area contributed by atoms with Gasteiger partial charge in [-0.25, -0.2) is 0 Å². The quantitative estimate of drug-likeness (QED) is 0.622. The van der Waals surface area contributed by atoms with Crippen LogP contribution in [0.3, 0.4) is 0 Å². The molecule has 0 aromatic heterocycles. The average Bonchev–Trinajstić information content (AvgIpc) is 2.69. The van der Waals surface area contributed by atoms with Crippen LogP contribution in [0.1, 0.15) is 25.0 Å². The van der Waals surface area contributed by atoms with Crippen LogP contribution in [0.4, 0.5) is 0 Å². The number of carboxylic acids is 1. The zero-order valence-electron chi connectivity index (χ0n) is 12.5. The number of carboxylic acid groups (broad SMARTS) is 1. The molecule has 1 aromatic rings. The van der Waals surface area contributed by atoms with Gasteiger partial charge in [0.25, 0.3) is 5.91 Å². The molecular weight excluding hydrogens is 318 g/mol. The molecule has 116 valence electrons. The molecule has 0 aliphatic carbocycles. The highest BCUT2D eigenvalue weighted by Crippen LogP contribution is 2.35. The molecule has 1 aliphatic heterocycles. The summed E-state index contributed by atoms with van der Waals surface area (Å²) in [6.07, 6.45) is 1.75. The maximum absolute atomic E-state index is 12.5. The molecule has 1 aromatic carbocycles. The molecule has 1 amide bonds. The molecule has 4 nitrogen and oxygen atoms in total. The first-order valence-corrected chi connectivity index (χ1v) is 8.09. The first-order valence-electron chi connectivity index (χ1n) is 6.86. The predicted octanol–water partition coefficient (Wildman–Crippen LogP) is 1.97. The smallest absolute Gasteiger partial charge is 0.266 e. The van der Waals surface area contributed by atoms with Crippen molar-refractivity contribution in [1.82, 2.24) is 4.90 Å². The number of amides is 1. The molecule has 0 unspecified atom stereocenters. The zero-order valence-corrected chi connectivity index (χ0v) is 14.2. The number of hydrogen-bond acceptors (Lipinski definition) is 5. The molecule has 22 heavy (non-hydrogen) atoms. The van der Waals surface area contributed by atoms with Crippen molar-refractivity contribution in [2.75, 3.05) is 0 Å². The van der Waals surface area contributed by atoms with Crippen LogP contribution in [-0.2, 0) is 9.59 Å². The summed E-state index contributed by atoms with van der Waals surface area (Å²) < 4.78 is 0.257. The van der Waals surface area contributed by atoms with E-state index in [-0.39, 0.29) is 16.1 Å². The standard InChI is InChI=1S/C16H17NO3S2/c1-9(2)13(15(19)20)17-14(18)12(22-16(17)21)8-11-7-5-4-6-10(11)3/h4-9,13H,1-3H3,(H,19,20)/p-1/b12-8+/t13-/m0/s1. The number of nitrogens with zero attached hydrogens (tertiary/aromatic N) is 1. The van der Waals surface area contributed by atoms with E-state index in [1.807, 2.05) is 31.2 Å². The lowest BCUT2D eigenvalue weighted by molar-refractivity contribution is -0.311. The van der Waals surface area contributed by atoms with Crippen LogP contribution in [0.15, 0.2) is 29.2 Å². The molecule has 1 fully saturated rings. The zero-order chi connectivity index (χ0) is 16.4. The Morgan fingerprint density at radius 2 is 2.00 bits per heavy atom. The summed E-state index contributed by atoms with van der Waals surface area (Å²) in [7, 11) is 0. The second kappa shape index (κ2) is 6.62. The van der Waals surface area contributed by atoms with Gasteiger partial charge in [0, 0.05) is 0 Å². The van der Waals surface area contributed by atoms with E-state index in [0.717, 1.165) is 27.8 Å². The molecule has 0 radical (unpaired) electrons. The monoisotopic (exact) mass is 334 g/mol. The molecule has 0 saturated carbocycles. The number of aryl methyl sites for hydroxylation is 1. The van der Waals surface area contributed by atoms with Crippen LogP contribution in [0.5, 0.6) is 0 Å². The lowest BCUT2D eigenvalue weighted by Gasteiger charge is -2.30. The summed E-state index contributed by atoms with van der Waals surface area (Å²) in [6.45, 7) is 5.40. The van der Waals surface area contributed by atoms with Gasteiger partial charge in [-0.15, -0.1) is 0 Å². The van der Waals surface area contributed by atoms with E-state index in [9.17, 15) is 14.7 Å². The van der Waals surface area contributed by atoms with Crippen molar-refractivity contribution in [3.63, 3.8) is 0 Å². The lowest BCUT2D eigenvalue weighted by Crippen LogP contribution is -2.52. The van der Waals surface area contributed by atoms with E-state index in [2.05, 4.69) is 0 Å². The topological polar surface area (TPSA) is 60.4 Å². The fourth-order valence-electron chi connectivity index (χ4n) is 2.29. The van der Waals surface area contributed by atoms with E-state index in [1.54, 1.807) is 19.9 Å². The number of carbonyl (C=O) groups is 2. The Balaban J connectivity index is 2.37. The van der Waals surface area contributed by atoms with Crippen molar-refractivity contribution in [1.29, 1.82) is 0 Å². The van der Waals surface area contributed by atoms with E-state index < -0.39 is 12.0 Å². The first kappa shape index (κ1) is 16.7. The summed E-state index contributed by atoms with van der Waals surface area (Å²) in [4.78, 5) is 25.5. The van der Waals surface area contributed by atoms with Gasteiger partial charge in [0.1, 0.15) is 4.32 Å². The van der Waals surface area contributed by atoms with Crippen LogP contribution in [0.2, 0.25) is 0 Å². The van der Waals surface area contributed by atoms with Gasteiger partial charge < -0.3 is 9.90 Å². The third-order valence-corrected chi connectivity index (χ3v) is 4.78. The molecule has 1 atom stereocenters. The van der Waals surface area contributed by atoms with Gasteiger partial charge in [-0.3, -0.25) is 9.69 Å². The summed E-state index contributed by atoms with van der Waals surface area (Å²) in [5.41, 5.74) is 1.95. The van der Waals surface area contributed by atoms with Crippen molar-refractivity contribution < 1.29 is 14.7 Å². The number of rotatable bonds is 4. The third kappa shape index (κ3) is 3.23. The van der Waals surface area contributed by atoms with E-state index >= 15 is 0 Å². The van der Waals surface area contributed by atoms with E-state index in [0.29, 0.717) is 4.91 Å². The second-order valence-corrected chi connectivity index (χ2v) is 7.09. The maximum atomic E-state index is 12.5. The maximum Gasteiger partial charge on any atom is 0.266 e. The highest BCUT2D eigenvalue weighted by Gasteiger charge is 2.39. The van der Waals surface area contributed by atoms with Crippen molar-refractivity contribution in [3.8, 4) is 0 Å². The molecule has 0 spiro atoms. The number of hydrogen-bond donors (Lipinski definition) is 0. The van der Waals surface area contributed by atoms with Gasteiger partial charge in [-0.1, -0.05) is 62.1 Å². The van der Waals surface area contributed by atoms with Crippen molar-refractivity contribution in [3.05, 3.63) is 40.3 Å². The normalized spacial score (nSPS) is 18.4. The Morgan fingerprint density at radius 3 is 2.55 bits per heavy atom. The Kier molecular flexibility index (Phi) is 5.03. The number of carbonyl (C=O) groups excluding carboxylic acids is 2. The number of thiocarbonyl (C=S) groups is 1. The lowest BCUT2D eigenvalue weighted by atomic mass is 10.0. The fourth-order valence-corrected chi connectivity index (χ4v) is 3.61. The fraction of sp³-hybridized carbons (Fsp3) is 0.312. The van der Waals surface area contributed by atoms with Crippen LogP contribution in [-0.4, -0.2) is 27.1 Å². The highest BCUT2D eigenvalue weighted by molar-refractivity contribution is 8.26. The van der Waals surface area contributed by atoms with Crippen LogP contribution in [0, 0.1) is 12.8 Å². The molecule has 0 N–H and O–H groups in total. The van der Waals surface area contributed by atoms with E-state index in [1.165, 1.54) is 0 Å². The van der Waals surface area contributed by atoms with Crippen LogP contribution >= 0.6 is 24.0 Å². The van der Waals surface area contributed by atoms with Crippen molar-refractivity contribution in [2.24, 2.45) is 5.92 Å². The van der Waals surface area contributed by atoms with E-state index in [4.69, 9.17) is 12.2 Å². The predicted molar refractivity (Wildman–Crippen MR) is 89.8 cm³/mol.